The van der Waals surface area contributed by atoms with Crippen molar-refractivity contribution in [2.24, 2.45) is 10.3 Å². The third-order valence-electron chi connectivity index (χ3n) is 2.46. The van der Waals surface area contributed by atoms with Crippen molar-refractivity contribution >= 4 is 11.7 Å². The summed E-state index contributed by atoms with van der Waals surface area (Å²) in [6.07, 6.45) is 7.21. The molecular weight excluding hydrogens is 244 g/mol. The summed E-state index contributed by atoms with van der Waals surface area (Å²) in [6.45, 7) is 2.32. The van der Waals surface area contributed by atoms with Gasteiger partial charge in [0.25, 0.3) is 0 Å². The number of unbranched alkanes of at least 4 members (excludes halogenated alkanes) is 1. The zero-order chi connectivity index (χ0) is 14.5. The van der Waals surface area contributed by atoms with Crippen LogP contribution in [0.1, 0.15) is 39.0 Å². The summed E-state index contributed by atoms with van der Waals surface area (Å²) in [4.78, 5) is 21.8. The van der Waals surface area contributed by atoms with Crippen molar-refractivity contribution in [1.29, 1.82) is 0 Å². The molecule has 6 heteroatoms. The van der Waals surface area contributed by atoms with Crippen LogP contribution in [0.3, 0.4) is 0 Å². The highest BCUT2D eigenvalue weighted by atomic mass is 16.1. The lowest BCUT2D eigenvalue weighted by Crippen LogP contribution is -2.16. The highest BCUT2D eigenvalue weighted by Gasteiger charge is 1.99. The molecule has 0 aliphatic heterocycles. The number of allylic oxidation sites excluding steroid dienone is 1. The molecule has 0 fully saturated rings. The van der Waals surface area contributed by atoms with E-state index >= 15 is 0 Å². The quantitative estimate of drug-likeness (QED) is 0.374. The van der Waals surface area contributed by atoms with Gasteiger partial charge in [-0.05, 0) is 26.2 Å². The van der Waals surface area contributed by atoms with Crippen LogP contribution in [0.5, 0.6) is 0 Å². The maximum absolute atomic E-state index is 11.0. The van der Waals surface area contributed by atoms with Crippen LogP contribution in [0.15, 0.2) is 22.6 Å². The van der Waals surface area contributed by atoms with Gasteiger partial charge in [0.05, 0.1) is 7.05 Å². The van der Waals surface area contributed by atoms with Crippen molar-refractivity contribution in [3.8, 4) is 0 Å². The van der Waals surface area contributed by atoms with E-state index in [1.807, 2.05) is 12.3 Å². The Hall–Kier alpha value is -1.72. The van der Waals surface area contributed by atoms with E-state index in [9.17, 15) is 9.59 Å². The van der Waals surface area contributed by atoms with Crippen LogP contribution in [0.2, 0.25) is 0 Å². The lowest BCUT2D eigenvalue weighted by Gasteiger charge is -2.11. The van der Waals surface area contributed by atoms with Gasteiger partial charge in [-0.3, -0.25) is 9.80 Å². The van der Waals surface area contributed by atoms with Gasteiger partial charge in [0.15, 0.2) is 0 Å². The minimum absolute atomic E-state index is 0.0229. The van der Waals surface area contributed by atoms with Crippen molar-refractivity contribution in [3.63, 3.8) is 0 Å². The Morgan fingerprint density at radius 2 is 2.00 bits per heavy atom. The molecule has 0 aliphatic carbocycles. The molecule has 1 amide bonds. The highest BCUT2D eigenvalue weighted by molar-refractivity contribution is 5.75. The number of nitrogens with zero attached hydrogens (tertiary/aromatic N) is 3. The minimum Gasteiger partial charge on any atom is -0.359 e. The number of rotatable bonds is 10. The van der Waals surface area contributed by atoms with Crippen molar-refractivity contribution < 1.29 is 9.59 Å². The standard InChI is InChI=1S/C13H24N4O2/c1-12(18)8-4-6-10-17(16-15-3)11-7-5-9-13(19)14-2/h7,11H,4-6,8-10H2,1-3H3,(H,14,19)/b11-7+,16-15?. The Balaban J connectivity index is 3.93. The Kier molecular flexibility index (Phi) is 10.3. The first-order valence-electron chi connectivity index (χ1n) is 6.53. The highest BCUT2D eigenvalue weighted by Crippen LogP contribution is 2.02. The SMILES string of the molecule is CN=NN(/C=C/CCC(=O)NC)CCCCC(C)=O. The van der Waals surface area contributed by atoms with Gasteiger partial charge in [0.2, 0.25) is 5.91 Å². The van der Waals surface area contributed by atoms with Crippen LogP contribution >= 0.6 is 0 Å². The first-order valence-corrected chi connectivity index (χ1v) is 6.53. The Labute approximate surface area is 114 Å². The number of carbonyl (C=O) groups excluding carboxylic acids is 2. The second kappa shape index (κ2) is 11.4. The normalized spacial score (nSPS) is 11.1. The van der Waals surface area contributed by atoms with Crippen LogP contribution in [0.4, 0.5) is 0 Å². The average Bonchev–Trinajstić information content (AvgIpc) is 2.38. The summed E-state index contributed by atoms with van der Waals surface area (Å²) in [5.41, 5.74) is 0. The maximum Gasteiger partial charge on any atom is 0.220 e. The molecule has 108 valence electrons. The predicted octanol–water partition coefficient (Wildman–Crippen LogP) is 2.08. The molecule has 0 atom stereocenters. The van der Waals surface area contributed by atoms with Gasteiger partial charge >= 0.3 is 0 Å². The maximum atomic E-state index is 11.0. The second-order valence-electron chi connectivity index (χ2n) is 4.21. The van der Waals surface area contributed by atoms with Crippen molar-refractivity contribution in [1.82, 2.24) is 10.3 Å². The number of hydrogen-bond acceptors (Lipinski definition) is 4. The lowest BCUT2D eigenvalue weighted by molar-refractivity contribution is -0.120. The number of Topliss-reactive ketones (excluding diaryl/α,β-unsaturated/α-hetero) is 1. The van der Waals surface area contributed by atoms with E-state index in [0.29, 0.717) is 19.3 Å². The number of ketones is 1. The van der Waals surface area contributed by atoms with Crippen molar-refractivity contribution in [3.05, 3.63) is 12.3 Å². The fourth-order valence-corrected chi connectivity index (χ4v) is 1.45. The Morgan fingerprint density at radius 3 is 2.58 bits per heavy atom. The summed E-state index contributed by atoms with van der Waals surface area (Å²) < 4.78 is 0. The molecule has 0 unspecified atom stereocenters. The van der Waals surface area contributed by atoms with Gasteiger partial charge in [0.1, 0.15) is 5.78 Å². The predicted molar refractivity (Wildman–Crippen MR) is 74.5 cm³/mol. The van der Waals surface area contributed by atoms with Crippen molar-refractivity contribution in [2.45, 2.75) is 39.0 Å². The molecule has 0 saturated heterocycles. The summed E-state index contributed by atoms with van der Waals surface area (Å²) in [5.74, 6) is 0.236. The first-order chi connectivity index (χ1) is 9.10. The van der Waals surface area contributed by atoms with Gasteiger partial charge in [0, 0.05) is 32.6 Å². The van der Waals surface area contributed by atoms with Crippen LogP contribution in [0.25, 0.3) is 0 Å². The average molecular weight is 268 g/mol. The van der Waals surface area contributed by atoms with Gasteiger partial charge < -0.3 is 10.1 Å². The molecule has 0 aromatic rings. The minimum atomic E-state index is 0.0229. The van der Waals surface area contributed by atoms with Crippen LogP contribution < -0.4 is 5.32 Å². The van der Waals surface area contributed by atoms with E-state index in [4.69, 9.17) is 0 Å². The van der Waals surface area contributed by atoms with E-state index in [1.165, 1.54) is 0 Å². The molecule has 0 radical (unpaired) electrons. The van der Waals surface area contributed by atoms with E-state index in [1.54, 1.807) is 26.0 Å². The van der Waals surface area contributed by atoms with Crippen molar-refractivity contribution in [2.75, 3.05) is 20.6 Å². The lowest BCUT2D eigenvalue weighted by atomic mass is 10.2. The fraction of sp³-hybridized carbons (Fsp3) is 0.692. The number of hydrogen-bond donors (Lipinski definition) is 1. The molecule has 0 aliphatic rings. The summed E-state index contributed by atoms with van der Waals surface area (Å²) in [5, 5.41) is 12.0. The number of amides is 1. The molecule has 0 aromatic heterocycles. The molecule has 0 rings (SSSR count). The van der Waals surface area contributed by atoms with Gasteiger partial charge in [-0.15, -0.1) is 0 Å². The smallest absolute Gasteiger partial charge is 0.220 e. The molecule has 0 heterocycles. The molecule has 0 bridgehead atoms. The first kappa shape index (κ1) is 17.3. The Morgan fingerprint density at radius 1 is 1.26 bits per heavy atom. The van der Waals surface area contributed by atoms with Crippen LogP contribution in [-0.2, 0) is 9.59 Å². The molecule has 1 N–H and O–H groups in total. The molecule has 0 saturated carbocycles. The Bertz CT molecular complexity index is 327. The van der Waals surface area contributed by atoms with Gasteiger partial charge in [-0.25, -0.2) is 0 Å². The molecule has 19 heavy (non-hydrogen) atoms. The van der Waals surface area contributed by atoms with E-state index in [-0.39, 0.29) is 11.7 Å². The summed E-state index contributed by atoms with van der Waals surface area (Å²) in [6, 6.07) is 0. The monoisotopic (exact) mass is 268 g/mol. The molecule has 0 aromatic carbocycles. The summed E-state index contributed by atoms with van der Waals surface area (Å²) in [7, 11) is 3.24. The van der Waals surface area contributed by atoms with E-state index in [2.05, 4.69) is 15.7 Å². The van der Waals surface area contributed by atoms with Crippen LogP contribution in [-0.4, -0.2) is 37.3 Å². The van der Waals surface area contributed by atoms with Crippen LogP contribution in [0, 0.1) is 0 Å². The summed E-state index contributed by atoms with van der Waals surface area (Å²) >= 11 is 0. The number of nitrogens with one attached hydrogen (secondary N) is 1. The third kappa shape index (κ3) is 11.1. The van der Waals surface area contributed by atoms with E-state index in [0.717, 1.165) is 19.4 Å². The largest absolute Gasteiger partial charge is 0.359 e. The topological polar surface area (TPSA) is 74.1 Å². The molecule has 0 spiro atoms. The van der Waals surface area contributed by atoms with Gasteiger partial charge in [-0.2, -0.15) is 5.11 Å². The zero-order valence-electron chi connectivity index (χ0n) is 12.1. The molecular formula is C13H24N4O2. The van der Waals surface area contributed by atoms with E-state index < -0.39 is 0 Å². The zero-order valence-corrected chi connectivity index (χ0v) is 12.1. The molecule has 6 nitrogen and oxygen atoms in total. The second-order valence-corrected chi connectivity index (χ2v) is 4.21. The fourth-order valence-electron chi connectivity index (χ4n) is 1.45. The van der Waals surface area contributed by atoms with Gasteiger partial charge in [-0.1, -0.05) is 11.3 Å². The third-order valence-corrected chi connectivity index (χ3v) is 2.46. The number of carbonyl (C=O) groups is 2.